The van der Waals surface area contributed by atoms with Gasteiger partial charge in [0.05, 0.1) is 24.4 Å². The van der Waals surface area contributed by atoms with Crippen LogP contribution in [-0.2, 0) is 14.3 Å². The lowest BCUT2D eigenvalue weighted by Crippen LogP contribution is -2.47. The molecular weight excluding hydrogens is 428 g/mol. The predicted molar refractivity (Wildman–Crippen MR) is 135 cm³/mol. The molecule has 0 unspecified atom stereocenters. The molecule has 0 aromatic carbocycles. The topological polar surface area (TPSA) is 76.0 Å². The first-order valence-corrected chi connectivity index (χ1v) is 13.0. The molecule has 0 aromatic heterocycles. The van der Waals surface area contributed by atoms with Crippen LogP contribution in [0, 0.1) is 23.7 Å². The van der Waals surface area contributed by atoms with Crippen LogP contribution in [0.5, 0.6) is 0 Å². The lowest BCUT2D eigenvalue weighted by molar-refractivity contribution is -0.156. The van der Waals surface area contributed by atoms with Gasteiger partial charge in [-0.2, -0.15) is 0 Å². The number of ether oxygens (including phenoxy) is 2. The van der Waals surface area contributed by atoms with Gasteiger partial charge in [0.2, 0.25) is 0 Å². The van der Waals surface area contributed by atoms with Crippen molar-refractivity contribution >= 4 is 5.78 Å². The average molecular weight is 473 g/mol. The molecule has 0 spiro atoms. The standard InChI is InChI=1S/C29H44O5/c1-7-26-18(3)9-12-27(34-26)19(4)14-17(2)8-10-23-21(6)24(23)11-13-28-29(32)25(31)16-22(33-28)15-20(5)30/h8-11,13-14,17,21-29,31-32H,7,12,15-16H2,1-6H3/b10-8+,13-11+,19-14+/t17-,21-,22-,23+,24+,25+,26-,27-,28+,29-/m1/s1. The first-order valence-electron chi connectivity index (χ1n) is 13.0. The van der Waals surface area contributed by atoms with Gasteiger partial charge >= 0.3 is 0 Å². The Morgan fingerprint density at radius 3 is 2.56 bits per heavy atom. The molecule has 5 heteroatoms. The van der Waals surface area contributed by atoms with E-state index >= 15 is 0 Å². The van der Waals surface area contributed by atoms with E-state index in [0.717, 1.165) is 12.8 Å². The Labute approximate surface area is 205 Å². The van der Waals surface area contributed by atoms with Crippen LogP contribution in [0.2, 0.25) is 0 Å². The van der Waals surface area contributed by atoms with Gasteiger partial charge in [0, 0.05) is 12.8 Å². The summed E-state index contributed by atoms with van der Waals surface area (Å²) >= 11 is 0. The van der Waals surface area contributed by atoms with Crippen LogP contribution < -0.4 is 0 Å². The van der Waals surface area contributed by atoms with E-state index in [1.54, 1.807) is 0 Å². The molecule has 3 aliphatic rings. The van der Waals surface area contributed by atoms with E-state index in [2.05, 4.69) is 65.0 Å². The lowest BCUT2D eigenvalue weighted by Gasteiger charge is -2.35. The van der Waals surface area contributed by atoms with Gasteiger partial charge in [0.25, 0.3) is 0 Å². The summed E-state index contributed by atoms with van der Waals surface area (Å²) in [5.41, 5.74) is 2.64. The molecule has 5 nitrogen and oxygen atoms in total. The van der Waals surface area contributed by atoms with Gasteiger partial charge in [-0.05, 0) is 68.4 Å². The minimum absolute atomic E-state index is 0.0301. The molecule has 2 heterocycles. The number of hydrogen-bond acceptors (Lipinski definition) is 5. The fraction of sp³-hybridized carbons (Fsp3) is 0.690. The SMILES string of the molecule is CC[C@H]1O[C@@H](/C(C)=C/[C@H](C)/C=C/[C@H]2[C@@H](C)[C@@H]2/C=C/[C@@H]2O[C@H](CC(C)=O)C[C@H](O)[C@H]2O)CC=C1C. The number of carbonyl (C=O) groups excluding carboxylic acids is 1. The van der Waals surface area contributed by atoms with Crippen molar-refractivity contribution in [2.45, 2.75) is 104 Å². The highest BCUT2D eigenvalue weighted by atomic mass is 16.5. The van der Waals surface area contributed by atoms with Crippen molar-refractivity contribution in [1.82, 2.24) is 0 Å². The molecule has 2 N–H and O–H groups in total. The second-order valence-electron chi connectivity index (χ2n) is 10.7. The summed E-state index contributed by atoms with van der Waals surface area (Å²) in [4.78, 5) is 11.4. The largest absolute Gasteiger partial charge is 0.390 e. The van der Waals surface area contributed by atoms with E-state index in [1.165, 1.54) is 18.1 Å². The van der Waals surface area contributed by atoms with Gasteiger partial charge in [0.1, 0.15) is 18.0 Å². The van der Waals surface area contributed by atoms with Gasteiger partial charge < -0.3 is 19.7 Å². The molecule has 3 rings (SSSR count). The third kappa shape index (κ3) is 7.00. The Bertz CT molecular complexity index is 824. The molecule has 10 atom stereocenters. The van der Waals surface area contributed by atoms with Crippen LogP contribution in [0.3, 0.4) is 0 Å². The Morgan fingerprint density at radius 1 is 1.18 bits per heavy atom. The van der Waals surface area contributed by atoms with Gasteiger partial charge in [-0.3, -0.25) is 4.79 Å². The van der Waals surface area contributed by atoms with Crippen molar-refractivity contribution in [3.63, 3.8) is 0 Å². The number of rotatable bonds is 9. The second-order valence-corrected chi connectivity index (χ2v) is 10.7. The summed E-state index contributed by atoms with van der Waals surface area (Å²) in [6.07, 6.45) is 13.4. The molecule has 2 aliphatic heterocycles. The van der Waals surface area contributed by atoms with Gasteiger partial charge in [0.15, 0.2) is 0 Å². The van der Waals surface area contributed by atoms with Crippen molar-refractivity contribution < 1.29 is 24.5 Å². The number of Topliss-reactive ketones (excluding diaryl/α,β-unsaturated/α-hetero) is 1. The molecule has 1 aliphatic carbocycles. The third-order valence-corrected chi connectivity index (χ3v) is 7.67. The fourth-order valence-corrected chi connectivity index (χ4v) is 5.35. The Kier molecular flexibility index (Phi) is 9.50. The molecule has 34 heavy (non-hydrogen) atoms. The van der Waals surface area contributed by atoms with E-state index in [4.69, 9.17) is 9.47 Å². The summed E-state index contributed by atoms with van der Waals surface area (Å²) < 4.78 is 12.2. The number of hydrogen-bond donors (Lipinski definition) is 2. The van der Waals surface area contributed by atoms with Crippen LogP contribution in [0.25, 0.3) is 0 Å². The summed E-state index contributed by atoms with van der Waals surface area (Å²) in [6.45, 7) is 12.5. The normalized spacial score (nSPS) is 39.9. The average Bonchev–Trinajstić information content (AvgIpc) is 3.40. The maximum absolute atomic E-state index is 11.4. The second kappa shape index (κ2) is 11.9. The number of ketones is 1. The summed E-state index contributed by atoms with van der Waals surface area (Å²) in [6, 6.07) is 0. The van der Waals surface area contributed by atoms with Crippen LogP contribution in [0.4, 0.5) is 0 Å². The van der Waals surface area contributed by atoms with Crippen LogP contribution >= 0.6 is 0 Å². The van der Waals surface area contributed by atoms with Crippen LogP contribution in [0.15, 0.2) is 47.6 Å². The summed E-state index contributed by atoms with van der Waals surface area (Å²) in [5.74, 6) is 1.76. The van der Waals surface area contributed by atoms with Crippen LogP contribution in [-0.4, -0.2) is 52.6 Å². The number of aliphatic hydroxyl groups excluding tert-OH is 2. The summed E-state index contributed by atoms with van der Waals surface area (Å²) in [7, 11) is 0. The highest BCUT2D eigenvalue weighted by molar-refractivity contribution is 5.76. The van der Waals surface area contributed by atoms with Gasteiger partial charge in [-0.1, -0.05) is 57.2 Å². The molecule has 190 valence electrons. The van der Waals surface area contributed by atoms with Gasteiger partial charge in [-0.15, -0.1) is 0 Å². The molecule has 1 saturated heterocycles. The quantitative estimate of drug-likeness (QED) is 0.465. The maximum atomic E-state index is 11.4. The fourth-order valence-electron chi connectivity index (χ4n) is 5.35. The van der Waals surface area contributed by atoms with Crippen molar-refractivity contribution in [3.8, 4) is 0 Å². The minimum atomic E-state index is -0.955. The lowest BCUT2D eigenvalue weighted by atomic mass is 9.95. The zero-order valence-electron chi connectivity index (χ0n) is 21.7. The third-order valence-electron chi connectivity index (χ3n) is 7.67. The Hall–Kier alpha value is -1.53. The maximum Gasteiger partial charge on any atom is 0.132 e. The van der Waals surface area contributed by atoms with Crippen molar-refractivity contribution in [1.29, 1.82) is 0 Å². The molecule has 2 fully saturated rings. The zero-order chi connectivity index (χ0) is 25.0. The number of aliphatic hydroxyl groups is 2. The Balaban J connectivity index is 1.53. The molecule has 0 bridgehead atoms. The van der Waals surface area contributed by atoms with E-state index < -0.39 is 18.3 Å². The smallest absolute Gasteiger partial charge is 0.132 e. The van der Waals surface area contributed by atoms with Crippen LogP contribution in [0.1, 0.15) is 67.2 Å². The van der Waals surface area contributed by atoms with Crippen molar-refractivity contribution in [3.05, 3.63) is 47.6 Å². The zero-order valence-corrected chi connectivity index (χ0v) is 21.7. The molecule has 0 amide bonds. The number of carbonyl (C=O) groups is 1. The number of allylic oxidation sites excluding steroid dienone is 4. The monoisotopic (exact) mass is 472 g/mol. The van der Waals surface area contributed by atoms with Crippen molar-refractivity contribution in [2.75, 3.05) is 0 Å². The highest BCUT2D eigenvalue weighted by Crippen LogP contribution is 2.48. The highest BCUT2D eigenvalue weighted by Gasteiger charge is 2.43. The molecule has 0 radical (unpaired) electrons. The predicted octanol–water partition coefficient (Wildman–Crippen LogP) is 4.94. The van der Waals surface area contributed by atoms with E-state index in [9.17, 15) is 15.0 Å². The minimum Gasteiger partial charge on any atom is -0.390 e. The Morgan fingerprint density at radius 2 is 1.88 bits per heavy atom. The van der Waals surface area contributed by atoms with E-state index in [0.29, 0.717) is 30.1 Å². The van der Waals surface area contributed by atoms with Gasteiger partial charge in [-0.25, -0.2) is 0 Å². The summed E-state index contributed by atoms with van der Waals surface area (Å²) in [5, 5.41) is 20.5. The molecule has 0 aromatic rings. The van der Waals surface area contributed by atoms with Crippen molar-refractivity contribution in [2.24, 2.45) is 23.7 Å². The van der Waals surface area contributed by atoms with E-state index in [-0.39, 0.29) is 30.5 Å². The first-order chi connectivity index (χ1) is 16.1. The van der Waals surface area contributed by atoms with E-state index in [1.807, 2.05) is 6.08 Å². The molecular formula is C29H44O5. The first kappa shape index (κ1) is 27.1. The molecule has 1 saturated carbocycles.